The van der Waals surface area contributed by atoms with Crippen molar-refractivity contribution in [3.05, 3.63) is 29.3 Å². The summed E-state index contributed by atoms with van der Waals surface area (Å²) in [7, 11) is 0. The summed E-state index contributed by atoms with van der Waals surface area (Å²) in [5, 5.41) is 3.87. The minimum absolute atomic E-state index is 0.0598. The van der Waals surface area contributed by atoms with Crippen LogP contribution in [0.3, 0.4) is 0 Å². The average Bonchev–Trinajstić information content (AvgIpc) is 2.67. The van der Waals surface area contributed by atoms with Crippen molar-refractivity contribution in [2.75, 3.05) is 18.5 Å². The largest absolute Gasteiger partial charge is 0.493 e. The van der Waals surface area contributed by atoms with Gasteiger partial charge in [0.25, 0.3) is 0 Å². The first-order valence-corrected chi connectivity index (χ1v) is 11.1. The summed E-state index contributed by atoms with van der Waals surface area (Å²) in [6, 6.07) is 6.69. The minimum atomic E-state index is 0.0598. The lowest BCUT2D eigenvalue weighted by atomic mass is 9.76. The van der Waals surface area contributed by atoms with Gasteiger partial charge in [0.15, 0.2) is 10.3 Å². The molecule has 0 spiro atoms. The van der Waals surface area contributed by atoms with Crippen molar-refractivity contribution in [1.29, 1.82) is 0 Å². The summed E-state index contributed by atoms with van der Waals surface area (Å²) in [6.45, 7) is 14.9. The first-order chi connectivity index (χ1) is 13.6. The molecule has 2 aromatic rings. The molecule has 0 amide bonds. The molecule has 7 heteroatoms. The number of hydrogen-bond acceptors (Lipinski definition) is 7. The number of benzene rings is 1. The number of aromatic nitrogens is 3. The van der Waals surface area contributed by atoms with E-state index in [2.05, 4.69) is 105 Å². The van der Waals surface area contributed by atoms with E-state index in [-0.39, 0.29) is 10.8 Å². The molecule has 0 aliphatic rings. The van der Waals surface area contributed by atoms with Gasteiger partial charge in [0.05, 0.1) is 6.61 Å². The summed E-state index contributed by atoms with van der Waals surface area (Å²) in [5.41, 5.74) is 2.86. The first-order valence-electron chi connectivity index (χ1n) is 10.2. The molecule has 0 unspecified atom stereocenters. The van der Waals surface area contributed by atoms with Gasteiger partial charge in [-0.2, -0.15) is 15.0 Å². The predicted octanol–water partition coefficient (Wildman–Crippen LogP) is 5.71. The molecule has 0 aliphatic heterocycles. The summed E-state index contributed by atoms with van der Waals surface area (Å²) in [6.07, 6.45) is 2.98. The Morgan fingerprint density at radius 2 is 1.55 bits per heavy atom. The Balaban J connectivity index is 2.03. The summed E-state index contributed by atoms with van der Waals surface area (Å²) >= 11 is 8.28. The predicted molar refractivity (Wildman–Crippen MR) is 126 cm³/mol. The highest BCUT2D eigenvalue weighted by atomic mass is 32.1. The quantitative estimate of drug-likeness (QED) is 0.330. The number of rotatable bonds is 10. The Labute approximate surface area is 186 Å². The lowest BCUT2D eigenvalue weighted by Gasteiger charge is -2.30. The van der Waals surface area contributed by atoms with Crippen molar-refractivity contribution in [2.45, 2.75) is 81.9 Å². The van der Waals surface area contributed by atoms with Gasteiger partial charge in [0.1, 0.15) is 5.75 Å². The highest BCUT2D eigenvalue weighted by Gasteiger charge is 2.26. The van der Waals surface area contributed by atoms with Gasteiger partial charge in [0, 0.05) is 12.1 Å². The Bertz CT molecular complexity index is 804. The third-order valence-corrected chi connectivity index (χ3v) is 6.13. The van der Waals surface area contributed by atoms with Gasteiger partial charge in [-0.05, 0) is 41.7 Å². The van der Waals surface area contributed by atoms with Crippen LogP contribution in [0.4, 0.5) is 5.95 Å². The topological polar surface area (TPSA) is 59.9 Å². The zero-order valence-electron chi connectivity index (χ0n) is 18.4. The van der Waals surface area contributed by atoms with Crippen molar-refractivity contribution in [1.82, 2.24) is 15.0 Å². The lowest BCUT2D eigenvalue weighted by molar-refractivity contribution is 0.303. The van der Waals surface area contributed by atoms with Crippen LogP contribution < -0.4 is 10.1 Å². The highest BCUT2D eigenvalue weighted by Crippen LogP contribution is 2.38. The minimum Gasteiger partial charge on any atom is -0.493 e. The fourth-order valence-corrected chi connectivity index (χ4v) is 3.35. The van der Waals surface area contributed by atoms with Crippen LogP contribution in [0.5, 0.6) is 5.75 Å². The molecule has 1 heterocycles. The number of thiol groups is 2. The number of hydrogen-bond donors (Lipinski definition) is 3. The van der Waals surface area contributed by atoms with Crippen LogP contribution in [-0.2, 0) is 10.8 Å². The molecule has 0 aliphatic carbocycles. The second-order valence-corrected chi connectivity index (χ2v) is 9.37. The standard InChI is InChI=1S/C22H34N4OS2/c1-7-21(3,4)15-10-11-17(16(14-15)22(5,6)8-2)27-13-9-12-23-18-24-19(28)26-20(29)25-18/h10-11,14H,7-9,12-13H2,1-6H3,(H3,23,24,25,26,28,29). The molecule has 0 radical (unpaired) electrons. The van der Waals surface area contributed by atoms with E-state index in [1.54, 1.807) is 0 Å². The van der Waals surface area contributed by atoms with E-state index in [0.29, 0.717) is 29.4 Å². The fraction of sp³-hybridized carbons (Fsp3) is 0.591. The van der Waals surface area contributed by atoms with Crippen LogP contribution in [0.15, 0.2) is 28.5 Å². The van der Waals surface area contributed by atoms with E-state index in [1.807, 2.05) is 0 Å². The number of anilines is 1. The number of ether oxygens (including phenoxy) is 1. The van der Waals surface area contributed by atoms with Crippen LogP contribution in [0, 0.1) is 0 Å². The zero-order valence-corrected chi connectivity index (χ0v) is 20.2. The Morgan fingerprint density at radius 3 is 2.14 bits per heavy atom. The molecule has 1 aromatic carbocycles. The van der Waals surface area contributed by atoms with Crippen molar-refractivity contribution in [3.63, 3.8) is 0 Å². The van der Waals surface area contributed by atoms with E-state index >= 15 is 0 Å². The van der Waals surface area contributed by atoms with Gasteiger partial charge in [-0.25, -0.2) is 0 Å². The second kappa shape index (κ2) is 10.0. The molecule has 0 atom stereocenters. The maximum Gasteiger partial charge on any atom is 0.227 e. The van der Waals surface area contributed by atoms with Gasteiger partial charge in [-0.15, -0.1) is 25.3 Å². The molecule has 0 saturated heterocycles. The van der Waals surface area contributed by atoms with Crippen LogP contribution >= 0.6 is 25.3 Å². The monoisotopic (exact) mass is 434 g/mol. The van der Waals surface area contributed by atoms with E-state index < -0.39 is 0 Å². The van der Waals surface area contributed by atoms with Gasteiger partial charge < -0.3 is 10.1 Å². The molecular weight excluding hydrogens is 400 g/mol. The Morgan fingerprint density at radius 1 is 0.931 bits per heavy atom. The summed E-state index contributed by atoms with van der Waals surface area (Å²) in [4.78, 5) is 12.2. The molecule has 0 bridgehead atoms. The number of nitrogens with zero attached hydrogens (tertiary/aromatic N) is 3. The van der Waals surface area contributed by atoms with Crippen molar-refractivity contribution in [3.8, 4) is 5.75 Å². The lowest BCUT2D eigenvalue weighted by Crippen LogP contribution is -2.21. The third-order valence-electron chi connectivity index (χ3n) is 5.73. The SMILES string of the molecule is CCC(C)(C)c1ccc(OCCCNc2nc(S)nc(S)n2)c(C(C)(C)CC)c1. The van der Waals surface area contributed by atoms with Crippen LogP contribution in [0.1, 0.15) is 71.9 Å². The molecule has 2 rings (SSSR count). The van der Waals surface area contributed by atoms with E-state index in [4.69, 9.17) is 4.74 Å². The van der Waals surface area contributed by atoms with Crippen molar-refractivity contribution >= 4 is 31.2 Å². The number of nitrogens with one attached hydrogen (secondary N) is 1. The molecule has 1 aromatic heterocycles. The maximum absolute atomic E-state index is 6.19. The molecule has 0 saturated carbocycles. The smallest absolute Gasteiger partial charge is 0.227 e. The molecule has 1 N–H and O–H groups in total. The molecule has 29 heavy (non-hydrogen) atoms. The summed E-state index contributed by atoms with van der Waals surface area (Å²) < 4.78 is 6.19. The van der Waals surface area contributed by atoms with Crippen molar-refractivity contribution < 1.29 is 4.74 Å². The van der Waals surface area contributed by atoms with E-state index in [1.165, 1.54) is 11.1 Å². The zero-order chi connectivity index (χ0) is 21.7. The van der Waals surface area contributed by atoms with Gasteiger partial charge in [-0.1, -0.05) is 53.7 Å². The van der Waals surface area contributed by atoms with E-state index in [9.17, 15) is 0 Å². The molecule has 0 fully saturated rings. The molecule has 5 nitrogen and oxygen atoms in total. The van der Waals surface area contributed by atoms with Crippen LogP contribution in [-0.4, -0.2) is 28.1 Å². The van der Waals surface area contributed by atoms with Crippen molar-refractivity contribution in [2.24, 2.45) is 0 Å². The van der Waals surface area contributed by atoms with E-state index in [0.717, 1.165) is 25.0 Å². The molecular formula is C22H34N4OS2. The van der Waals surface area contributed by atoms with Crippen LogP contribution in [0.2, 0.25) is 0 Å². The van der Waals surface area contributed by atoms with Gasteiger partial charge in [0.2, 0.25) is 5.95 Å². The maximum atomic E-state index is 6.19. The molecule has 160 valence electrons. The fourth-order valence-electron chi connectivity index (χ4n) is 2.89. The Hall–Kier alpha value is -1.47. The summed E-state index contributed by atoms with van der Waals surface area (Å²) in [5.74, 6) is 1.46. The average molecular weight is 435 g/mol. The van der Waals surface area contributed by atoms with Gasteiger partial charge in [-0.3, -0.25) is 0 Å². The highest BCUT2D eigenvalue weighted by molar-refractivity contribution is 7.80. The van der Waals surface area contributed by atoms with Crippen LogP contribution in [0.25, 0.3) is 0 Å². The third kappa shape index (κ3) is 6.51. The Kier molecular flexibility index (Phi) is 8.23. The normalized spacial score (nSPS) is 12.1. The van der Waals surface area contributed by atoms with Gasteiger partial charge >= 0.3 is 0 Å². The second-order valence-electron chi connectivity index (χ2n) is 8.57. The first kappa shape index (κ1) is 23.8.